The zero-order valence-corrected chi connectivity index (χ0v) is 12.2. The zero-order valence-electron chi connectivity index (χ0n) is 10.6. The van der Waals surface area contributed by atoms with E-state index in [4.69, 9.17) is 11.6 Å². The Kier molecular flexibility index (Phi) is 3.83. The van der Waals surface area contributed by atoms with Gasteiger partial charge in [-0.2, -0.15) is 0 Å². The van der Waals surface area contributed by atoms with Crippen LogP contribution in [0.4, 0.5) is 5.69 Å². The third kappa shape index (κ3) is 3.28. The highest BCUT2D eigenvalue weighted by Gasteiger charge is 2.16. The monoisotopic (exact) mass is 295 g/mol. The molecule has 19 heavy (non-hydrogen) atoms. The highest BCUT2D eigenvalue weighted by molar-refractivity contribution is 7.92. The standard InChI is InChI=1S/C14H14ClNO2S/c1-10-3-4-11(2)14(9-10)19(17,18)16-13-7-5-12(15)6-8-13/h3-9,16H,1-2H3. The second-order valence-electron chi connectivity index (χ2n) is 4.38. The van der Waals surface area contributed by atoms with Crippen molar-refractivity contribution in [2.45, 2.75) is 18.7 Å². The maximum absolute atomic E-state index is 12.3. The maximum atomic E-state index is 12.3. The van der Waals surface area contributed by atoms with E-state index >= 15 is 0 Å². The minimum atomic E-state index is -3.57. The average Bonchev–Trinajstić information content (AvgIpc) is 2.35. The SMILES string of the molecule is Cc1ccc(C)c(S(=O)(=O)Nc2ccc(Cl)cc2)c1. The molecule has 0 bridgehead atoms. The van der Waals surface area contributed by atoms with E-state index in [1.165, 1.54) is 0 Å². The Hall–Kier alpha value is -1.52. The lowest BCUT2D eigenvalue weighted by Gasteiger charge is -2.11. The summed E-state index contributed by atoms with van der Waals surface area (Å²) in [5.41, 5.74) is 2.11. The number of nitrogens with one attached hydrogen (secondary N) is 1. The Labute approximate surface area is 118 Å². The van der Waals surface area contributed by atoms with Crippen LogP contribution in [0.15, 0.2) is 47.4 Å². The lowest BCUT2D eigenvalue weighted by molar-refractivity contribution is 0.600. The molecule has 0 radical (unpaired) electrons. The van der Waals surface area contributed by atoms with E-state index in [1.54, 1.807) is 43.3 Å². The van der Waals surface area contributed by atoms with Crippen LogP contribution in [0.1, 0.15) is 11.1 Å². The summed E-state index contributed by atoms with van der Waals surface area (Å²) in [5.74, 6) is 0. The molecule has 0 aromatic heterocycles. The number of halogens is 1. The third-order valence-corrected chi connectivity index (χ3v) is 4.50. The van der Waals surface area contributed by atoms with Crippen LogP contribution < -0.4 is 4.72 Å². The van der Waals surface area contributed by atoms with Gasteiger partial charge in [-0.1, -0.05) is 23.7 Å². The first-order valence-corrected chi connectivity index (χ1v) is 7.60. The van der Waals surface area contributed by atoms with Crippen molar-refractivity contribution in [3.63, 3.8) is 0 Å². The van der Waals surface area contributed by atoms with Gasteiger partial charge in [-0.25, -0.2) is 8.42 Å². The number of sulfonamides is 1. The van der Waals surface area contributed by atoms with E-state index in [2.05, 4.69) is 4.72 Å². The highest BCUT2D eigenvalue weighted by Crippen LogP contribution is 2.21. The van der Waals surface area contributed by atoms with Crippen molar-refractivity contribution in [1.29, 1.82) is 0 Å². The minimum Gasteiger partial charge on any atom is -0.280 e. The summed E-state index contributed by atoms with van der Waals surface area (Å²) in [6.45, 7) is 3.64. The summed E-state index contributed by atoms with van der Waals surface area (Å²) in [6, 6.07) is 11.9. The van der Waals surface area contributed by atoms with Gasteiger partial charge in [0.1, 0.15) is 0 Å². The van der Waals surface area contributed by atoms with Gasteiger partial charge in [-0.05, 0) is 55.3 Å². The molecule has 0 aliphatic carbocycles. The van der Waals surface area contributed by atoms with Crippen molar-refractivity contribution in [3.05, 3.63) is 58.6 Å². The van der Waals surface area contributed by atoms with Crippen LogP contribution in [0.2, 0.25) is 5.02 Å². The molecule has 1 N–H and O–H groups in total. The van der Waals surface area contributed by atoms with Gasteiger partial charge in [-0.3, -0.25) is 4.72 Å². The lowest BCUT2D eigenvalue weighted by atomic mass is 10.2. The van der Waals surface area contributed by atoms with Gasteiger partial charge in [0, 0.05) is 10.7 Å². The number of rotatable bonds is 3. The van der Waals surface area contributed by atoms with E-state index in [0.29, 0.717) is 21.2 Å². The van der Waals surface area contributed by atoms with Crippen molar-refractivity contribution >= 4 is 27.3 Å². The van der Waals surface area contributed by atoms with Gasteiger partial charge in [0.2, 0.25) is 0 Å². The van der Waals surface area contributed by atoms with Crippen molar-refractivity contribution < 1.29 is 8.42 Å². The zero-order chi connectivity index (χ0) is 14.0. The van der Waals surface area contributed by atoms with Crippen molar-refractivity contribution in [2.24, 2.45) is 0 Å². The Morgan fingerprint density at radius 3 is 2.26 bits per heavy atom. The number of hydrogen-bond acceptors (Lipinski definition) is 2. The topological polar surface area (TPSA) is 46.2 Å². The fourth-order valence-corrected chi connectivity index (χ4v) is 3.24. The van der Waals surface area contributed by atoms with Crippen LogP contribution in [-0.4, -0.2) is 8.42 Å². The van der Waals surface area contributed by atoms with Crippen LogP contribution in [0.3, 0.4) is 0 Å². The summed E-state index contributed by atoms with van der Waals surface area (Å²) in [7, 11) is -3.57. The molecular weight excluding hydrogens is 282 g/mol. The second-order valence-corrected chi connectivity index (χ2v) is 6.47. The molecule has 2 aromatic rings. The molecule has 0 saturated heterocycles. The molecule has 0 aliphatic heterocycles. The van der Waals surface area contributed by atoms with Crippen molar-refractivity contribution in [3.8, 4) is 0 Å². The molecule has 0 heterocycles. The predicted molar refractivity (Wildman–Crippen MR) is 78.2 cm³/mol. The largest absolute Gasteiger partial charge is 0.280 e. The van der Waals surface area contributed by atoms with E-state index in [1.807, 2.05) is 13.0 Å². The third-order valence-electron chi connectivity index (χ3n) is 2.73. The van der Waals surface area contributed by atoms with Crippen LogP contribution >= 0.6 is 11.6 Å². The first-order valence-electron chi connectivity index (χ1n) is 5.74. The molecule has 0 atom stereocenters. The molecule has 0 amide bonds. The van der Waals surface area contributed by atoms with Crippen molar-refractivity contribution in [1.82, 2.24) is 0 Å². The molecule has 0 spiro atoms. The molecule has 2 aromatic carbocycles. The normalized spacial score (nSPS) is 11.3. The molecule has 0 unspecified atom stereocenters. The van der Waals surface area contributed by atoms with Gasteiger partial charge < -0.3 is 0 Å². The molecular formula is C14H14ClNO2S. The molecule has 0 fully saturated rings. The Morgan fingerprint density at radius 1 is 1.00 bits per heavy atom. The maximum Gasteiger partial charge on any atom is 0.262 e. The fraction of sp³-hybridized carbons (Fsp3) is 0.143. The van der Waals surface area contributed by atoms with Crippen LogP contribution in [0.25, 0.3) is 0 Å². The van der Waals surface area contributed by atoms with Crippen LogP contribution in [0, 0.1) is 13.8 Å². The molecule has 2 rings (SSSR count). The molecule has 100 valence electrons. The van der Waals surface area contributed by atoms with E-state index in [0.717, 1.165) is 5.56 Å². The Balaban J connectivity index is 2.37. The van der Waals surface area contributed by atoms with Crippen LogP contribution in [0.5, 0.6) is 0 Å². The summed E-state index contributed by atoms with van der Waals surface area (Å²) in [4.78, 5) is 0.294. The van der Waals surface area contributed by atoms with Gasteiger partial charge in [0.15, 0.2) is 0 Å². The molecule has 0 saturated carbocycles. The van der Waals surface area contributed by atoms with Gasteiger partial charge in [0.05, 0.1) is 4.90 Å². The summed E-state index contributed by atoms with van der Waals surface area (Å²) >= 11 is 5.77. The fourth-order valence-electron chi connectivity index (χ4n) is 1.72. The quantitative estimate of drug-likeness (QED) is 0.937. The summed E-state index contributed by atoms with van der Waals surface area (Å²) in [6.07, 6.45) is 0. The van der Waals surface area contributed by atoms with Crippen molar-refractivity contribution in [2.75, 3.05) is 4.72 Å². The number of aryl methyl sites for hydroxylation is 2. The smallest absolute Gasteiger partial charge is 0.262 e. The van der Waals surface area contributed by atoms with Gasteiger partial charge in [0.25, 0.3) is 10.0 Å². The Morgan fingerprint density at radius 2 is 1.63 bits per heavy atom. The molecule has 0 aliphatic rings. The Bertz CT molecular complexity index is 694. The van der Waals surface area contributed by atoms with Gasteiger partial charge in [-0.15, -0.1) is 0 Å². The second kappa shape index (κ2) is 5.23. The first-order chi connectivity index (χ1) is 8.88. The van der Waals surface area contributed by atoms with Gasteiger partial charge >= 0.3 is 0 Å². The van der Waals surface area contributed by atoms with E-state index in [-0.39, 0.29) is 0 Å². The van der Waals surface area contributed by atoms with E-state index < -0.39 is 10.0 Å². The van der Waals surface area contributed by atoms with Crippen LogP contribution in [-0.2, 0) is 10.0 Å². The summed E-state index contributed by atoms with van der Waals surface area (Å²) < 4.78 is 27.2. The molecule has 3 nitrogen and oxygen atoms in total. The number of anilines is 1. The number of benzene rings is 2. The predicted octanol–water partition coefficient (Wildman–Crippen LogP) is 3.76. The lowest BCUT2D eigenvalue weighted by Crippen LogP contribution is -2.14. The average molecular weight is 296 g/mol. The summed E-state index contributed by atoms with van der Waals surface area (Å²) in [5, 5.41) is 0.565. The highest BCUT2D eigenvalue weighted by atomic mass is 35.5. The molecule has 5 heteroatoms. The minimum absolute atomic E-state index is 0.294. The van der Waals surface area contributed by atoms with E-state index in [9.17, 15) is 8.42 Å². The first kappa shape index (κ1) is 13.9. The number of hydrogen-bond donors (Lipinski definition) is 1.